The molecule has 2 rings (SSSR count). The van der Waals surface area contributed by atoms with E-state index in [1.165, 1.54) is 12.1 Å². The summed E-state index contributed by atoms with van der Waals surface area (Å²) in [6, 6.07) is 7.79. The SMILES string of the molecule is Cc1cc(C(=O)CCC(=O)O[C@@H](C)c2cccc([N+](=O)[O-])c2)c(C)s1. The third-order valence-electron chi connectivity index (χ3n) is 3.76. The van der Waals surface area contributed by atoms with E-state index in [4.69, 9.17) is 4.74 Å². The zero-order chi connectivity index (χ0) is 18.6. The van der Waals surface area contributed by atoms with Gasteiger partial charge in [-0.15, -0.1) is 11.3 Å². The molecule has 0 amide bonds. The van der Waals surface area contributed by atoms with Gasteiger partial charge in [0.25, 0.3) is 5.69 Å². The number of aryl methyl sites for hydroxylation is 2. The summed E-state index contributed by atoms with van der Waals surface area (Å²) in [5, 5.41) is 10.8. The maximum atomic E-state index is 12.2. The predicted molar refractivity (Wildman–Crippen MR) is 95.0 cm³/mol. The average Bonchev–Trinajstić information content (AvgIpc) is 2.91. The van der Waals surface area contributed by atoms with Crippen molar-refractivity contribution in [3.05, 3.63) is 61.3 Å². The molecule has 7 heteroatoms. The van der Waals surface area contributed by atoms with E-state index in [9.17, 15) is 19.7 Å². The molecule has 6 nitrogen and oxygen atoms in total. The van der Waals surface area contributed by atoms with Crippen molar-refractivity contribution in [1.29, 1.82) is 0 Å². The van der Waals surface area contributed by atoms with Gasteiger partial charge in [-0.2, -0.15) is 0 Å². The first kappa shape index (κ1) is 18.8. The Kier molecular flexibility index (Phi) is 6.03. The number of ether oxygens (including phenoxy) is 1. The summed E-state index contributed by atoms with van der Waals surface area (Å²) >= 11 is 1.55. The molecule has 1 aromatic carbocycles. The number of carbonyl (C=O) groups excluding carboxylic acids is 2. The van der Waals surface area contributed by atoms with Crippen molar-refractivity contribution in [3.63, 3.8) is 0 Å². The fourth-order valence-corrected chi connectivity index (χ4v) is 3.42. The number of rotatable bonds is 7. The van der Waals surface area contributed by atoms with Crippen molar-refractivity contribution < 1.29 is 19.2 Å². The first-order chi connectivity index (χ1) is 11.8. The Morgan fingerprint density at radius 3 is 2.56 bits per heavy atom. The Hall–Kier alpha value is -2.54. The van der Waals surface area contributed by atoms with Crippen LogP contribution in [0.4, 0.5) is 5.69 Å². The first-order valence-corrected chi connectivity index (χ1v) is 8.63. The molecule has 1 atom stereocenters. The third-order valence-corrected chi connectivity index (χ3v) is 4.72. The highest BCUT2D eigenvalue weighted by atomic mass is 32.1. The molecule has 2 aromatic rings. The van der Waals surface area contributed by atoms with Gasteiger partial charge in [0.2, 0.25) is 0 Å². The number of non-ortho nitro benzene ring substituents is 1. The van der Waals surface area contributed by atoms with Crippen molar-refractivity contribution in [2.75, 3.05) is 0 Å². The minimum atomic E-state index is -0.618. The molecule has 0 aliphatic heterocycles. The van der Waals surface area contributed by atoms with E-state index in [2.05, 4.69) is 0 Å². The number of hydrogen-bond donors (Lipinski definition) is 0. The average molecular weight is 361 g/mol. The molecule has 0 unspecified atom stereocenters. The summed E-state index contributed by atoms with van der Waals surface area (Å²) in [6.45, 7) is 5.46. The zero-order valence-corrected chi connectivity index (χ0v) is 15.1. The van der Waals surface area contributed by atoms with E-state index >= 15 is 0 Å². The Morgan fingerprint density at radius 2 is 1.96 bits per heavy atom. The second kappa shape index (κ2) is 8.02. The van der Waals surface area contributed by atoms with Crippen molar-refractivity contribution in [2.45, 2.75) is 39.7 Å². The van der Waals surface area contributed by atoms with E-state index in [0.717, 1.165) is 9.75 Å². The normalized spacial score (nSPS) is 11.8. The quantitative estimate of drug-likeness (QED) is 0.313. The summed E-state index contributed by atoms with van der Waals surface area (Å²) in [5.41, 5.74) is 1.14. The van der Waals surface area contributed by atoms with Crippen LogP contribution in [-0.4, -0.2) is 16.7 Å². The highest BCUT2D eigenvalue weighted by Crippen LogP contribution is 2.24. The third kappa shape index (κ3) is 4.96. The number of carbonyl (C=O) groups is 2. The highest BCUT2D eigenvalue weighted by molar-refractivity contribution is 7.12. The number of benzene rings is 1. The zero-order valence-electron chi connectivity index (χ0n) is 14.3. The van der Waals surface area contributed by atoms with Gasteiger partial charge in [-0.3, -0.25) is 19.7 Å². The van der Waals surface area contributed by atoms with Gasteiger partial charge in [0.15, 0.2) is 5.78 Å². The van der Waals surface area contributed by atoms with Gasteiger partial charge in [-0.05, 0) is 32.4 Å². The van der Waals surface area contributed by atoms with E-state index in [0.29, 0.717) is 11.1 Å². The van der Waals surface area contributed by atoms with E-state index in [1.807, 2.05) is 19.9 Å². The number of nitrogens with zero attached hydrogens (tertiary/aromatic N) is 1. The largest absolute Gasteiger partial charge is 0.458 e. The van der Waals surface area contributed by atoms with Gasteiger partial charge < -0.3 is 4.74 Å². The number of esters is 1. The van der Waals surface area contributed by atoms with Gasteiger partial charge >= 0.3 is 5.97 Å². The van der Waals surface area contributed by atoms with Crippen LogP contribution in [0, 0.1) is 24.0 Å². The molecule has 0 saturated carbocycles. The van der Waals surface area contributed by atoms with Crippen LogP contribution < -0.4 is 0 Å². The minimum absolute atomic E-state index is 0.0214. The van der Waals surface area contributed by atoms with E-state index < -0.39 is 17.0 Å². The smallest absolute Gasteiger partial charge is 0.306 e. The van der Waals surface area contributed by atoms with Crippen LogP contribution >= 0.6 is 11.3 Å². The Morgan fingerprint density at radius 1 is 1.24 bits per heavy atom. The van der Waals surface area contributed by atoms with Crippen molar-refractivity contribution in [2.24, 2.45) is 0 Å². The minimum Gasteiger partial charge on any atom is -0.458 e. The molecule has 1 heterocycles. The molecule has 0 fully saturated rings. The predicted octanol–water partition coefficient (Wildman–Crippen LogP) is 4.54. The van der Waals surface area contributed by atoms with Crippen molar-refractivity contribution in [1.82, 2.24) is 0 Å². The lowest BCUT2D eigenvalue weighted by molar-refractivity contribution is -0.385. The molecule has 132 valence electrons. The van der Waals surface area contributed by atoms with Crippen LogP contribution in [0.15, 0.2) is 30.3 Å². The lowest BCUT2D eigenvalue weighted by Gasteiger charge is -2.13. The van der Waals surface area contributed by atoms with Crippen molar-refractivity contribution in [3.8, 4) is 0 Å². The number of ketones is 1. The maximum absolute atomic E-state index is 12.2. The lowest BCUT2D eigenvalue weighted by atomic mass is 10.1. The van der Waals surface area contributed by atoms with Crippen LogP contribution in [0.3, 0.4) is 0 Å². The summed E-state index contributed by atoms with van der Waals surface area (Å²) in [4.78, 5) is 36.5. The standard InChI is InChI=1S/C18H19NO5S/c1-11-9-16(13(3)25-11)17(20)7-8-18(21)24-12(2)14-5-4-6-15(10-14)19(22)23/h4-6,9-10,12H,7-8H2,1-3H3/t12-/m0/s1. The second-order valence-corrected chi connectivity index (χ2v) is 7.19. The fraction of sp³-hybridized carbons (Fsp3) is 0.333. The van der Waals surface area contributed by atoms with Gasteiger partial charge in [-0.1, -0.05) is 12.1 Å². The summed E-state index contributed by atoms with van der Waals surface area (Å²) in [5.74, 6) is -0.584. The van der Waals surface area contributed by atoms with Gasteiger partial charge in [0.05, 0.1) is 11.3 Å². The summed E-state index contributed by atoms with van der Waals surface area (Å²) < 4.78 is 5.28. The monoisotopic (exact) mass is 361 g/mol. The molecule has 1 aromatic heterocycles. The summed E-state index contributed by atoms with van der Waals surface area (Å²) in [6.07, 6.45) is -0.558. The van der Waals surface area contributed by atoms with Crippen molar-refractivity contribution >= 4 is 28.8 Å². The number of hydrogen-bond acceptors (Lipinski definition) is 6. The van der Waals surface area contributed by atoms with Crippen LogP contribution in [0.1, 0.15) is 51.5 Å². The summed E-state index contributed by atoms with van der Waals surface area (Å²) in [7, 11) is 0. The van der Waals surface area contributed by atoms with Crippen LogP contribution in [0.2, 0.25) is 0 Å². The van der Waals surface area contributed by atoms with Gasteiger partial charge in [0, 0.05) is 33.9 Å². The lowest BCUT2D eigenvalue weighted by Crippen LogP contribution is -2.11. The molecule has 25 heavy (non-hydrogen) atoms. The molecule has 0 aliphatic rings. The fourth-order valence-electron chi connectivity index (χ4n) is 2.47. The maximum Gasteiger partial charge on any atom is 0.306 e. The van der Waals surface area contributed by atoms with Crippen LogP contribution in [-0.2, 0) is 9.53 Å². The Bertz CT molecular complexity index is 812. The molecule has 0 bridgehead atoms. The Balaban J connectivity index is 1.91. The van der Waals surface area contributed by atoms with E-state index in [1.54, 1.807) is 30.4 Å². The Labute approximate surface area is 149 Å². The molecule has 0 N–H and O–H groups in total. The number of Topliss-reactive ketones (excluding diaryl/α,β-unsaturated/α-hetero) is 1. The molecule has 0 aliphatic carbocycles. The molecular formula is C18H19NO5S. The molecule has 0 radical (unpaired) electrons. The molecular weight excluding hydrogens is 342 g/mol. The van der Waals surface area contributed by atoms with E-state index in [-0.39, 0.29) is 24.3 Å². The number of nitro benzene ring substituents is 1. The second-order valence-electron chi connectivity index (χ2n) is 5.73. The highest BCUT2D eigenvalue weighted by Gasteiger charge is 2.17. The number of thiophene rings is 1. The molecule has 0 spiro atoms. The van der Waals surface area contributed by atoms with Crippen LogP contribution in [0.5, 0.6) is 0 Å². The van der Waals surface area contributed by atoms with Gasteiger partial charge in [0.1, 0.15) is 6.10 Å². The van der Waals surface area contributed by atoms with Gasteiger partial charge in [-0.25, -0.2) is 0 Å². The topological polar surface area (TPSA) is 86.5 Å². The van der Waals surface area contributed by atoms with Crippen LogP contribution in [0.25, 0.3) is 0 Å². The number of nitro groups is 1. The molecule has 0 saturated heterocycles. The first-order valence-electron chi connectivity index (χ1n) is 7.82.